The first-order valence-corrected chi connectivity index (χ1v) is 7.57. The zero-order valence-corrected chi connectivity index (χ0v) is 12.7. The van der Waals surface area contributed by atoms with Crippen LogP contribution in [0.25, 0.3) is 0 Å². The van der Waals surface area contributed by atoms with E-state index < -0.39 is 0 Å². The number of ketones is 1. The Balaban J connectivity index is 1.90. The molecule has 2 saturated carbocycles. The summed E-state index contributed by atoms with van der Waals surface area (Å²) >= 11 is 0. The molecule has 0 radical (unpaired) electrons. The number of ether oxygens (including phenoxy) is 2. The molecule has 110 valence electrons. The maximum atomic E-state index is 11.8. The van der Waals surface area contributed by atoms with Gasteiger partial charge in [0.25, 0.3) is 0 Å². The predicted molar refractivity (Wildman–Crippen MR) is 74.9 cm³/mol. The van der Waals surface area contributed by atoms with E-state index in [2.05, 4.69) is 13.8 Å². The second-order valence-corrected chi connectivity index (χ2v) is 7.05. The first kappa shape index (κ1) is 15.0. The Morgan fingerprint density at radius 1 is 1.26 bits per heavy atom. The molecular formula is C16H28O3. The SMILES string of the molecule is COCOCCC1CC[C@@]2(C)CCC(=O)C[C@@]2(C)C1. The van der Waals surface area contributed by atoms with Crippen molar-refractivity contribution in [2.24, 2.45) is 16.7 Å². The van der Waals surface area contributed by atoms with Crippen LogP contribution in [0, 0.1) is 16.7 Å². The highest BCUT2D eigenvalue weighted by Gasteiger charge is 2.51. The van der Waals surface area contributed by atoms with Gasteiger partial charge in [0.15, 0.2) is 0 Å². The van der Waals surface area contributed by atoms with Crippen LogP contribution in [0.2, 0.25) is 0 Å². The standard InChI is InChI=1S/C16H28O3/c1-15-7-4-13(6-9-19-12-18-3)10-16(15,2)11-14(17)5-8-15/h13H,4-12H2,1-3H3/t13?,15-,16+/m0/s1. The lowest BCUT2D eigenvalue weighted by molar-refractivity contribution is -0.134. The molecule has 0 saturated heterocycles. The number of rotatable bonds is 5. The number of carbonyl (C=O) groups is 1. The van der Waals surface area contributed by atoms with E-state index in [-0.39, 0.29) is 5.41 Å². The fourth-order valence-corrected chi connectivity index (χ4v) is 4.10. The molecule has 0 aromatic carbocycles. The highest BCUT2D eigenvalue weighted by atomic mass is 16.7. The molecule has 0 spiro atoms. The van der Waals surface area contributed by atoms with E-state index in [0.717, 1.165) is 32.3 Å². The third-order valence-corrected chi connectivity index (χ3v) is 5.72. The monoisotopic (exact) mass is 268 g/mol. The second-order valence-electron chi connectivity index (χ2n) is 7.05. The third kappa shape index (κ3) is 3.19. The number of carbonyl (C=O) groups excluding carboxylic acids is 1. The summed E-state index contributed by atoms with van der Waals surface area (Å²) in [5.74, 6) is 1.18. The van der Waals surface area contributed by atoms with Gasteiger partial charge in [-0.15, -0.1) is 0 Å². The highest BCUT2D eigenvalue weighted by Crippen LogP contribution is 2.59. The summed E-state index contributed by atoms with van der Waals surface area (Å²) in [6.45, 7) is 5.91. The first-order chi connectivity index (χ1) is 8.99. The fraction of sp³-hybridized carbons (Fsp3) is 0.938. The number of fused-ring (bicyclic) bond motifs is 1. The maximum absolute atomic E-state index is 11.8. The number of methoxy groups -OCH3 is 1. The van der Waals surface area contributed by atoms with Crippen molar-refractivity contribution in [3.05, 3.63) is 0 Å². The van der Waals surface area contributed by atoms with Gasteiger partial charge >= 0.3 is 0 Å². The van der Waals surface area contributed by atoms with Crippen LogP contribution in [0.1, 0.15) is 58.8 Å². The molecule has 2 aliphatic carbocycles. The lowest BCUT2D eigenvalue weighted by atomic mass is 9.49. The minimum atomic E-state index is 0.215. The lowest BCUT2D eigenvalue weighted by Gasteiger charge is -2.55. The van der Waals surface area contributed by atoms with Gasteiger partial charge in [0.1, 0.15) is 12.6 Å². The third-order valence-electron chi connectivity index (χ3n) is 5.72. The molecule has 0 aliphatic heterocycles. The van der Waals surface area contributed by atoms with Crippen LogP contribution in [0.5, 0.6) is 0 Å². The molecule has 3 nitrogen and oxygen atoms in total. The predicted octanol–water partition coefficient (Wildman–Crippen LogP) is 3.56. The van der Waals surface area contributed by atoms with E-state index in [4.69, 9.17) is 9.47 Å². The van der Waals surface area contributed by atoms with Crippen molar-refractivity contribution < 1.29 is 14.3 Å². The van der Waals surface area contributed by atoms with Crippen LogP contribution in [-0.2, 0) is 14.3 Å². The van der Waals surface area contributed by atoms with E-state index in [1.54, 1.807) is 7.11 Å². The van der Waals surface area contributed by atoms with Crippen molar-refractivity contribution in [3.63, 3.8) is 0 Å². The second kappa shape index (κ2) is 5.92. The van der Waals surface area contributed by atoms with Gasteiger partial charge < -0.3 is 9.47 Å². The van der Waals surface area contributed by atoms with Crippen LogP contribution in [0.15, 0.2) is 0 Å². The normalized spacial score (nSPS) is 39.1. The van der Waals surface area contributed by atoms with Gasteiger partial charge in [-0.25, -0.2) is 0 Å². The largest absolute Gasteiger partial charge is 0.359 e. The molecule has 0 aromatic heterocycles. The van der Waals surface area contributed by atoms with Gasteiger partial charge in [-0.3, -0.25) is 4.79 Å². The molecule has 19 heavy (non-hydrogen) atoms. The van der Waals surface area contributed by atoms with Gasteiger partial charge in [0, 0.05) is 26.6 Å². The number of hydrogen-bond donors (Lipinski definition) is 0. The molecule has 0 amide bonds. The van der Waals surface area contributed by atoms with E-state index >= 15 is 0 Å². The molecule has 0 aromatic rings. The molecule has 3 atom stereocenters. The Hall–Kier alpha value is -0.410. The molecule has 1 unspecified atom stereocenters. The summed E-state index contributed by atoms with van der Waals surface area (Å²) in [6.07, 6.45) is 7.53. The van der Waals surface area contributed by atoms with Crippen molar-refractivity contribution in [3.8, 4) is 0 Å². The van der Waals surface area contributed by atoms with Crippen molar-refractivity contribution in [1.29, 1.82) is 0 Å². The lowest BCUT2D eigenvalue weighted by Crippen LogP contribution is -2.47. The first-order valence-electron chi connectivity index (χ1n) is 7.57. The molecule has 2 fully saturated rings. The van der Waals surface area contributed by atoms with Crippen molar-refractivity contribution >= 4 is 5.78 Å². The quantitative estimate of drug-likeness (QED) is 0.565. The topological polar surface area (TPSA) is 35.5 Å². The Kier molecular flexibility index (Phi) is 4.67. The molecule has 0 N–H and O–H groups in total. The Morgan fingerprint density at radius 3 is 2.79 bits per heavy atom. The van der Waals surface area contributed by atoms with Crippen molar-refractivity contribution in [1.82, 2.24) is 0 Å². The minimum Gasteiger partial charge on any atom is -0.359 e. The van der Waals surface area contributed by atoms with Gasteiger partial charge in [-0.1, -0.05) is 13.8 Å². The van der Waals surface area contributed by atoms with Gasteiger partial charge in [0.2, 0.25) is 0 Å². The molecule has 2 rings (SSSR count). The van der Waals surface area contributed by atoms with Gasteiger partial charge in [-0.2, -0.15) is 0 Å². The van der Waals surface area contributed by atoms with E-state index in [1.807, 2.05) is 0 Å². The average Bonchev–Trinajstić information content (AvgIpc) is 2.36. The summed E-state index contributed by atoms with van der Waals surface area (Å²) < 4.78 is 10.3. The molecule has 3 heteroatoms. The average molecular weight is 268 g/mol. The van der Waals surface area contributed by atoms with Crippen molar-refractivity contribution in [2.75, 3.05) is 20.5 Å². The van der Waals surface area contributed by atoms with E-state index in [1.165, 1.54) is 19.3 Å². The Bertz CT molecular complexity index is 328. The summed E-state index contributed by atoms with van der Waals surface area (Å²) in [7, 11) is 1.65. The number of Topliss-reactive ketones (excluding diaryl/α,β-unsaturated/α-hetero) is 1. The summed E-state index contributed by atoms with van der Waals surface area (Å²) in [4.78, 5) is 11.8. The molecule has 2 aliphatic rings. The minimum absolute atomic E-state index is 0.215. The van der Waals surface area contributed by atoms with Crippen LogP contribution in [0.4, 0.5) is 0 Å². The zero-order valence-electron chi connectivity index (χ0n) is 12.7. The van der Waals surface area contributed by atoms with Crippen LogP contribution in [-0.4, -0.2) is 26.3 Å². The smallest absolute Gasteiger partial charge is 0.146 e. The zero-order chi connectivity index (χ0) is 13.9. The summed E-state index contributed by atoms with van der Waals surface area (Å²) in [5.41, 5.74) is 0.595. The summed E-state index contributed by atoms with van der Waals surface area (Å²) in [5, 5.41) is 0. The Morgan fingerprint density at radius 2 is 2.05 bits per heavy atom. The van der Waals surface area contributed by atoms with Crippen LogP contribution in [0.3, 0.4) is 0 Å². The van der Waals surface area contributed by atoms with Crippen LogP contribution < -0.4 is 0 Å². The van der Waals surface area contributed by atoms with E-state index in [9.17, 15) is 4.79 Å². The Labute approximate surface area is 117 Å². The molecule has 0 heterocycles. The number of hydrogen-bond acceptors (Lipinski definition) is 3. The van der Waals surface area contributed by atoms with E-state index in [0.29, 0.717) is 23.9 Å². The van der Waals surface area contributed by atoms with Gasteiger partial charge in [0.05, 0.1) is 0 Å². The fourth-order valence-electron chi connectivity index (χ4n) is 4.10. The maximum Gasteiger partial charge on any atom is 0.146 e. The van der Waals surface area contributed by atoms with Gasteiger partial charge in [-0.05, 0) is 48.9 Å². The van der Waals surface area contributed by atoms with Crippen LogP contribution >= 0.6 is 0 Å². The molecule has 0 bridgehead atoms. The van der Waals surface area contributed by atoms with Crippen molar-refractivity contribution in [2.45, 2.75) is 58.8 Å². The summed E-state index contributed by atoms with van der Waals surface area (Å²) in [6, 6.07) is 0. The molecular weight excluding hydrogens is 240 g/mol. The highest BCUT2D eigenvalue weighted by molar-refractivity contribution is 5.80.